The van der Waals surface area contributed by atoms with Gasteiger partial charge in [0, 0.05) is 0 Å². The van der Waals surface area contributed by atoms with Crippen molar-refractivity contribution in [2.24, 2.45) is 0 Å². The molecule has 0 spiro atoms. The molecule has 8 heavy (non-hydrogen) atoms. The standard InChI is InChI=1S/C3H6BrCl3Ge/c4-2-1-3-8(5,6)7/h1-3H2. The molecule has 0 unspecified atom stereocenters. The molecule has 0 nitrogen and oxygen atoms in total. The summed E-state index contributed by atoms with van der Waals surface area (Å²) in [5, 5.41) is 1.74. The van der Waals surface area contributed by atoms with Gasteiger partial charge >= 0.3 is 73.4 Å². The molecule has 0 aliphatic carbocycles. The average Bonchev–Trinajstić information content (AvgIpc) is 1.59. The van der Waals surface area contributed by atoms with E-state index in [1.165, 1.54) is 0 Å². The molecule has 0 N–H and O–H groups in total. The van der Waals surface area contributed by atoms with Crippen LogP contribution < -0.4 is 0 Å². The van der Waals surface area contributed by atoms with Gasteiger partial charge in [0.05, 0.1) is 0 Å². The minimum absolute atomic E-state index is 0.802. The van der Waals surface area contributed by atoms with Crippen molar-refractivity contribution in [1.82, 2.24) is 0 Å². The van der Waals surface area contributed by atoms with Crippen LogP contribution in [0.5, 0.6) is 0 Å². The summed E-state index contributed by atoms with van der Waals surface area (Å²) in [7, 11) is 14.1. The van der Waals surface area contributed by atoms with Crippen molar-refractivity contribution in [2.75, 3.05) is 5.33 Å². The van der Waals surface area contributed by atoms with Gasteiger partial charge in [0.1, 0.15) is 0 Å². The molecule has 5 heteroatoms. The first-order valence-corrected chi connectivity index (χ1v) is 13.1. The van der Waals surface area contributed by atoms with Gasteiger partial charge in [-0.1, -0.05) is 0 Å². The molecule has 0 aromatic rings. The van der Waals surface area contributed by atoms with E-state index >= 15 is 0 Å². The molecule has 0 aliphatic heterocycles. The molecule has 0 saturated carbocycles. The Labute approximate surface area is 72.9 Å². The first-order valence-electron chi connectivity index (χ1n) is 2.19. The molecule has 0 rings (SSSR count). The number of hydrogen-bond donors (Lipinski definition) is 0. The summed E-state index contributed by atoms with van der Waals surface area (Å²) in [6.07, 6.45) is 0.983. The topological polar surface area (TPSA) is 0 Å². The molecule has 0 saturated heterocycles. The molecule has 0 heterocycles. The van der Waals surface area contributed by atoms with Gasteiger partial charge in [-0.15, -0.1) is 0 Å². The van der Waals surface area contributed by atoms with Gasteiger partial charge in [0.15, 0.2) is 0 Å². The molecule has 0 radical (unpaired) electrons. The second-order valence-electron chi connectivity index (χ2n) is 1.41. The summed E-state index contributed by atoms with van der Waals surface area (Å²) >= 11 is 3.26. The van der Waals surface area contributed by atoms with Crippen molar-refractivity contribution in [1.29, 1.82) is 0 Å². The Kier molecular flexibility index (Phi) is 5.77. The first kappa shape index (κ1) is 9.89. The van der Waals surface area contributed by atoms with E-state index in [1.807, 2.05) is 0 Å². The van der Waals surface area contributed by atoms with E-state index in [4.69, 9.17) is 30.0 Å². The zero-order chi connectivity index (χ0) is 6.62. The molecule has 0 aliphatic rings. The Morgan fingerprint density at radius 2 is 1.75 bits per heavy atom. The van der Waals surface area contributed by atoms with Gasteiger partial charge in [-0.2, -0.15) is 0 Å². The zero-order valence-corrected chi connectivity index (χ0v) is 10.1. The van der Waals surface area contributed by atoms with E-state index in [-0.39, 0.29) is 0 Å². The molecule has 0 fully saturated rings. The Balaban J connectivity index is 3.11. The van der Waals surface area contributed by atoms with Crippen molar-refractivity contribution < 1.29 is 0 Å². The van der Waals surface area contributed by atoms with Crippen LogP contribution in [0.1, 0.15) is 6.42 Å². The molecular weight excluding hydrogens is 295 g/mol. The fourth-order valence-electron chi connectivity index (χ4n) is 0.267. The van der Waals surface area contributed by atoms with Gasteiger partial charge in [0.25, 0.3) is 0 Å². The van der Waals surface area contributed by atoms with E-state index in [0.29, 0.717) is 0 Å². The summed E-state index contributed by atoms with van der Waals surface area (Å²) < 4.78 is 0. The number of alkyl halides is 1. The quantitative estimate of drug-likeness (QED) is 0.553. The zero-order valence-electron chi connectivity index (χ0n) is 4.13. The van der Waals surface area contributed by atoms with E-state index in [1.54, 1.807) is 0 Å². The SMILES string of the molecule is [Cl][Ge]([Cl])([Cl])[CH2]CCBr. The van der Waals surface area contributed by atoms with Gasteiger partial charge in [-0.3, -0.25) is 0 Å². The summed E-state index contributed by atoms with van der Waals surface area (Å²) in [4.78, 5) is 0. The third kappa shape index (κ3) is 7.89. The molecular formula is C3H6BrCl3Ge. The maximum atomic E-state index is 5.61. The van der Waals surface area contributed by atoms with Gasteiger partial charge in [-0.05, 0) is 0 Å². The van der Waals surface area contributed by atoms with Crippen LogP contribution in [-0.4, -0.2) is 15.8 Å². The normalized spacial score (nSPS) is 12.0. The monoisotopic (exact) mass is 300 g/mol. The van der Waals surface area contributed by atoms with Gasteiger partial charge in [0.2, 0.25) is 0 Å². The molecule has 0 atom stereocenters. The molecule has 0 bridgehead atoms. The van der Waals surface area contributed by atoms with Crippen LogP contribution in [0, 0.1) is 0 Å². The number of halogens is 4. The number of hydrogen-bond acceptors (Lipinski definition) is 0. The van der Waals surface area contributed by atoms with E-state index in [9.17, 15) is 0 Å². The minimum atomic E-state index is -2.72. The van der Waals surface area contributed by atoms with E-state index < -0.39 is 10.5 Å². The second kappa shape index (κ2) is 4.67. The van der Waals surface area contributed by atoms with Crippen LogP contribution in [0.3, 0.4) is 0 Å². The Hall–Kier alpha value is 1.89. The van der Waals surface area contributed by atoms with Crippen LogP contribution in [-0.2, 0) is 0 Å². The van der Waals surface area contributed by atoms with Crippen LogP contribution in [0.2, 0.25) is 5.25 Å². The predicted molar refractivity (Wildman–Crippen MR) is 46.5 cm³/mol. The third-order valence-electron chi connectivity index (χ3n) is 0.594. The summed E-state index contributed by atoms with van der Waals surface area (Å²) in [6, 6.07) is 0. The Morgan fingerprint density at radius 1 is 1.25 bits per heavy atom. The van der Waals surface area contributed by atoms with Crippen molar-refractivity contribution in [3.05, 3.63) is 0 Å². The predicted octanol–water partition coefficient (Wildman–Crippen LogP) is 3.43. The third-order valence-corrected chi connectivity index (χ3v) is 6.03. The van der Waals surface area contributed by atoms with E-state index in [2.05, 4.69) is 15.9 Å². The van der Waals surface area contributed by atoms with Gasteiger partial charge in [-0.25, -0.2) is 0 Å². The van der Waals surface area contributed by atoms with Crippen LogP contribution in [0.25, 0.3) is 0 Å². The number of rotatable bonds is 3. The van der Waals surface area contributed by atoms with Crippen molar-refractivity contribution >= 4 is 56.4 Å². The first-order chi connectivity index (χ1) is 3.56. The average molecular weight is 301 g/mol. The van der Waals surface area contributed by atoms with Crippen molar-refractivity contribution in [2.45, 2.75) is 11.7 Å². The summed E-state index contributed by atoms with van der Waals surface area (Å²) in [6.45, 7) is 0. The van der Waals surface area contributed by atoms with Crippen LogP contribution in [0.4, 0.5) is 0 Å². The van der Waals surface area contributed by atoms with Crippen LogP contribution >= 0.6 is 46.0 Å². The maximum absolute atomic E-state index is 5.61. The molecule has 0 aromatic heterocycles. The Bertz CT molecular complexity index is 62.0. The van der Waals surface area contributed by atoms with Gasteiger partial charge < -0.3 is 0 Å². The van der Waals surface area contributed by atoms with Crippen LogP contribution in [0.15, 0.2) is 0 Å². The fourth-order valence-corrected chi connectivity index (χ4v) is 4.93. The second-order valence-corrected chi connectivity index (χ2v) is 18.9. The molecule has 0 aromatic carbocycles. The summed E-state index contributed by atoms with van der Waals surface area (Å²) in [5.74, 6) is 0. The van der Waals surface area contributed by atoms with Crippen molar-refractivity contribution in [3.8, 4) is 0 Å². The Morgan fingerprint density at radius 3 is 1.88 bits per heavy atom. The van der Waals surface area contributed by atoms with Crippen molar-refractivity contribution in [3.63, 3.8) is 0 Å². The molecule has 50 valence electrons. The molecule has 0 amide bonds. The fraction of sp³-hybridized carbons (Fsp3) is 1.00. The van der Waals surface area contributed by atoms with E-state index in [0.717, 1.165) is 17.0 Å². The summed E-state index contributed by atoms with van der Waals surface area (Å²) in [5.41, 5.74) is 0.